The third-order valence-electron chi connectivity index (χ3n) is 3.61. The standard InChI is InChI=1S/C12H27N3/c1-4-15(9-5-8-14(2)3)12-7-6-11(12)10-13/h11-12H,4-10,13H2,1-3H3. The van der Waals surface area contributed by atoms with Crippen LogP contribution in [0.25, 0.3) is 0 Å². The number of nitrogens with zero attached hydrogens (tertiary/aromatic N) is 2. The summed E-state index contributed by atoms with van der Waals surface area (Å²) in [5.74, 6) is 0.768. The molecule has 1 aliphatic carbocycles. The van der Waals surface area contributed by atoms with Crippen molar-refractivity contribution >= 4 is 0 Å². The normalized spacial score (nSPS) is 26.0. The summed E-state index contributed by atoms with van der Waals surface area (Å²) in [5.41, 5.74) is 5.76. The van der Waals surface area contributed by atoms with Gasteiger partial charge in [-0.15, -0.1) is 0 Å². The van der Waals surface area contributed by atoms with Crippen LogP contribution in [0.3, 0.4) is 0 Å². The Hall–Kier alpha value is -0.120. The van der Waals surface area contributed by atoms with Crippen molar-refractivity contribution < 1.29 is 0 Å². The molecule has 15 heavy (non-hydrogen) atoms. The first kappa shape index (κ1) is 12.9. The van der Waals surface area contributed by atoms with Gasteiger partial charge in [0.1, 0.15) is 0 Å². The monoisotopic (exact) mass is 213 g/mol. The minimum atomic E-state index is 0.768. The lowest BCUT2D eigenvalue weighted by atomic mass is 9.78. The van der Waals surface area contributed by atoms with E-state index in [-0.39, 0.29) is 0 Å². The van der Waals surface area contributed by atoms with E-state index in [1.54, 1.807) is 0 Å². The fourth-order valence-electron chi connectivity index (χ4n) is 2.46. The van der Waals surface area contributed by atoms with E-state index in [1.165, 1.54) is 38.9 Å². The molecule has 0 aliphatic heterocycles. The molecule has 3 nitrogen and oxygen atoms in total. The van der Waals surface area contributed by atoms with Crippen molar-refractivity contribution in [1.29, 1.82) is 0 Å². The highest BCUT2D eigenvalue weighted by Gasteiger charge is 2.33. The van der Waals surface area contributed by atoms with Crippen LogP contribution in [0, 0.1) is 5.92 Å². The Labute approximate surface area is 94.6 Å². The molecule has 90 valence electrons. The zero-order valence-electron chi connectivity index (χ0n) is 10.6. The molecular weight excluding hydrogens is 186 g/mol. The Balaban J connectivity index is 2.23. The van der Waals surface area contributed by atoms with Gasteiger partial charge in [0.05, 0.1) is 0 Å². The summed E-state index contributed by atoms with van der Waals surface area (Å²) in [6.45, 7) is 6.73. The molecule has 1 aliphatic rings. The quantitative estimate of drug-likeness (QED) is 0.685. The summed E-state index contributed by atoms with van der Waals surface area (Å²) in [6.07, 6.45) is 3.97. The van der Waals surface area contributed by atoms with E-state index in [1.807, 2.05) is 0 Å². The molecule has 0 heterocycles. The first-order chi connectivity index (χ1) is 7.19. The van der Waals surface area contributed by atoms with Crippen LogP contribution in [-0.4, -0.2) is 56.1 Å². The lowest BCUT2D eigenvalue weighted by Gasteiger charge is -2.44. The van der Waals surface area contributed by atoms with Crippen molar-refractivity contribution in [2.24, 2.45) is 11.7 Å². The molecule has 2 unspecified atom stereocenters. The molecule has 1 fully saturated rings. The summed E-state index contributed by atoms with van der Waals surface area (Å²) in [5, 5.41) is 0. The van der Waals surface area contributed by atoms with E-state index in [9.17, 15) is 0 Å². The maximum Gasteiger partial charge on any atom is 0.0136 e. The van der Waals surface area contributed by atoms with Gasteiger partial charge < -0.3 is 15.5 Å². The molecule has 1 saturated carbocycles. The number of hydrogen-bond donors (Lipinski definition) is 1. The molecular formula is C12H27N3. The second-order valence-corrected chi connectivity index (χ2v) is 4.93. The van der Waals surface area contributed by atoms with Crippen LogP contribution in [0.15, 0.2) is 0 Å². The number of hydrogen-bond acceptors (Lipinski definition) is 3. The van der Waals surface area contributed by atoms with Gasteiger partial charge in [0.15, 0.2) is 0 Å². The lowest BCUT2D eigenvalue weighted by Crippen LogP contribution is -2.50. The summed E-state index contributed by atoms with van der Waals surface area (Å²) in [6, 6.07) is 0.780. The fourth-order valence-corrected chi connectivity index (χ4v) is 2.46. The van der Waals surface area contributed by atoms with Crippen LogP contribution in [0.4, 0.5) is 0 Å². The van der Waals surface area contributed by atoms with Crippen molar-refractivity contribution in [2.45, 2.75) is 32.2 Å². The molecule has 0 aromatic heterocycles. The van der Waals surface area contributed by atoms with Crippen LogP contribution in [0.5, 0.6) is 0 Å². The van der Waals surface area contributed by atoms with Crippen LogP contribution < -0.4 is 5.73 Å². The third-order valence-corrected chi connectivity index (χ3v) is 3.61. The minimum Gasteiger partial charge on any atom is -0.330 e. The largest absolute Gasteiger partial charge is 0.330 e. The first-order valence-electron chi connectivity index (χ1n) is 6.27. The predicted octanol–water partition coefficient (Wildman–Crippen LogP) is 0.997. The van der Waals surface area contributed by atoms with Crippen LogP contribution in [-0.2, 0) is 0 Å². The molecule has 0 aromatic rings. The van der Waals surface area contributed by atoms with E-state index in [4.69, 9.17) is 5.73 Å². The second-order valence-electron chi connectivity index (χ2n) is 4.93. The summed E-state index contributed by atoms with van der Waals surface area (Å²) in [4.78, 5) is 4.87. The average Bonchev–Trinajstić information content (AvgIpc) is 2.14. The van der Waals surface area contributed by atoms with E-state index in [2.05, 4.69) is 30.8 Å². The summed E-state index contributed by atoms with van der Waals surface area (Å²) >= 11 is 0. The van der Waals surface area contributed by atoms with Gasteiger partial charge in [0.2, 0.25) is 0 Å². The Morgan fingerprint density at radius 2 is 1.93 bits per heavy atom. The second kappa shape index (κ2) is 6.46. The van der Waals surface area contributed by atoms with Gasteiger partial charge in [-0.25, -0.2) is 0 Å². The molecule has 0 amide bonds. The van der Waals surface area contributed by atoms with E-state index >= 15 is 0 Å². The molecule has 2 atom stereocenters. The highest BCUT2D eigenvalue weighted by molar-refractivity contribution is 4.88. The van der Waals surface area contributed by atoms with Gasteiger partial charge in [-0.2, -0.15) is 0 Å². The maximum absolute atomic E-state index is 5.76. The fraction of sp³-hybridized carbons (Fsp3) is 1.00. The van der Waals surface area contributed by atoms with Crippen molar-refractivity contribution in [3.8, 4) is 0 Å². The highest BCUT2D eigenvalue weighted by Crippen LogP contribution is 2.31. The topological polar surface area (TPSA) is 32.5 Å². The third kappa shape index (κ3) is 3.74. The van der Waals surface area contributed by atoms with E-state index in [0.29, 0.717) is 0 Å². The van der Waals surface area contributed by atoms with Gasteiger partial charge in [-0.3, -0.25) is 0 Å². The SMILES string of the molecule is CCN(CCCN(C)C)C1CCC1CN. The van der Waals surface area contributed by atoms with E-state index < -0.39 is 0 Å². The van der Waals surface area contributed by atoms with Crippen LogP contribution >= 0.6 is 0 Å². The molecule has 0 radical (unpaired) electrons. The number of rotatable bonds is 7. The van der Waals surface area contributed by atoms with Crippen molar-refractivity contribution in [2.75, 3.05) is 40.3 Å². The van der Waals surface area contributed by atoms with Crippen molar-refractivity contribution in [1.82, 2.24) is 9.80 Å². The average molecular weight is 213 g/mol. The zero-order chi connectivity index (χ0) is 11.3. The van der Waals surface area contributed by atoms with Gasteiger partial charge in [0.25, 0.3) is 0 Å². The Bertz CT molecular complexity index is 168. The van der Waals surface area contributed by atoms with Crippen LogP contribution in [0.1, 0.15) is 26.2 Å². The van der Waals surface area contributed by atoms with Crippen molar-refractivity contribution in [3.63, 3.8) is 0 Å². The van der Waals surface area contributed by atoms with Gasteiger partial charge in [0, 0.05) is 6.04 Å². The molecule has 0 aromatic carbocycles. The highest BCUT2D eigenvalue weighted by atomic mass is 15.2. The Kier molecular flexibility index (Phi) is 5.58. The maximum atomic E-state index is 5.76. The van der Waals surface area contributed by atoms with Gasteiger partial charge in [-0.05, 0) is 65.5 Å². The van der Waals surface area contributed by atoms with Gasteiger partial charge in [-0.1, -0.05) is 6.92 Å². The van der Waals surface area contributed by atoms with Crippen LogP contribution in [0.2, 0.25) is 0 Å². The van der Waals surface area contributed by atoms with Crippen molar-refractivity contribution in [3.05, 3.63) is 0 Å². The smallest absolute Gasteiger partial charge is 0.0136 e. The minimum absolute atomic E-state index is 0.768. The molecule has 0 bridgehead atoms. The predicted molar refractivity (Wildman–Crippen MR) is 66.0 cm³/mol. The zero-order valence-corrected chi connectivity index (χ0v) is 10.6. The Morgan fingerprint density at radius 1 is 1.20 bits per heavy atom. The summed E-state index contributed by atoms with van der Waals surface area (Å²) < 4.78 is 0. The van der Waals surface area contributed by atoms with Gasteiger partial charge >= 0.3 is 0 Å². The molecule has 1 rings (SSSR count). The molecule has 3 heteroatoms. The lowest BCUT2D eigenvalue weighted by molar-refractivity contribution is 0.0684. The Morgan fingerprint density at radius 3 is 2.33 bits per heavy atom. The number of nitrogens with two attached hydrogens (primary N) is 1. The molecule has 0 spiro atoms. The summed E-state index contributed by atoms with van der Waals surface area (Å²) in [7, 11) is 4.28. The van der Waals surface area contributed by atoms with E-state index in [0.717, 1.165) is 18.5 Å². The molecule has 2 N–H and O–H groups in total. The molecule has 0 saturated heterocycles. The first-order valence-corrected chi connectivity index (χ1v) is 6.27.